The molecule has 4 nitrogen and oxygen atoms in total. The molecule has 4 heteroatoms. The first-order valence-corrected chi connectivity index (χ1v) is 6.75. The zero-order chi connectivity index (χ0) is 15.2. The molecule has 0 saturated carbocycles. The second kappa shape index (κ2) is 6.69. The standard InChI is InChI=1S/C17H17N3O/c1-12-3-2-4-16(15(12)11-19)20-17(21)14-7-5-13(6-8-14)9-10-18/h2-8H,9-10,18H2,1H3,(H,20,21). The van der Waals surface area contributed by atoms with Crippen molar-refractivity contribution in [2.75, 3.05) is 11.9 Å². The predicted molar refractivity (Wildman–Crippen MR) is 83.0 cm³/mol. The molecule has 0 saturated heterocycles. The average Bonchev–Trinajstić information content (AvgIpc) is 2.48. The SMILES string of the molecule is Cc1cccc(NC(=O)c2ccc(CCN)cc2)c1C#N. The molecule has 0 aliphatic carbocycles. The molecule has 3 N–H and O–H groups in total. The zero-order valence-corrected chi connectivity index (χ0v) is 11.9. The van der Waals surface area contributed by atoms with Crippen LogP contribution >= 0.6 is 0 Å². The van der Waals surface area contributed by atoms with Crippen molar-refractivity contribution in [3.8, 4) is 6.07 Å². The summed E-state index contributed by atoms with van der Waals surface area (Å²) >= 11 is 0. The van der Waals surface area contributed by atoms with Crippen LogP contribution in [-0.2, 0) is 6.42 Å². The summed E-state index contributed by atoms with van der Waals surface area (Å²) in [5.74, 6) is -0.226. The smallest absolute Gasteiger partial charge is 0.255 e. The molecule has 106 valence electrons. The summed E-state index contributed by atoms with van der Waals surface area (Å²) in [5, 5.41) is 11.9. The molecule has 0 bridgehead atoms. The van der Waals surface area contributed by atoms with E-state index in [0.717, 1.165) is 17.5 Å². The van der Waals surface area contributed by atoms with Gasteiger partial charge in [-0.1, -0.05) is 24.3 Å². The highest BCUT2D eigenvalue weighted by atomic mass is 16.1. The van der Waals surface area contributed by atoms with Crippen LogP contribution in [0.3, 0.4) is 0 Å². The van der Waals surface area contributed by atoms with Gasteiger partial charge >= 0.3 is 0 Å². The highest BCUT2D eigenvalue weighted by molar-refractivity contribution is 6.05. The van der Waals surface area contributed by atoms with Crippen molar-refractivity contribution >= 4 is 11.6 Å². The predicted octanol–water partition coefficient (Wildman–Crippen LogP) is 2.62. The van der Waals surface area contributed by atoms with Crippen LogP contribution in [-0.4, -0.2) is 12.5 Å². The lowest BCUT2D eigenvalue weighted by Crippen LogP contribution is -2.13. The van der Waals surface area contributed by atoms with Crippen LogP contribution in [0, 0.1) is 18.3 Å². The summed E-state index contributed by atoms with van der Waals surface area (Å²) < 4.78 is 0. The van der Waals surface area contributed by atoms with Gasteiger partial charge in [-0.05, 0) is 49.2 Å². The molecule has 0 radical (unpaired) electrons. The van der Waals surface area contributed by atoms with Crippen molar-refractivity contribution in [2.24, 2.45) is 5.73 Å². The van der Waals surface area contributed by atoms with Crippen molar-refractivity contribution in [1.29, 1.82) is 5.26 Å². The summed E-state index contributed by atoms with van der Waals surface area (Å²) in [6.07, 6.45) is 0.790. The molecule has 2 aromatic rings. The molecule has 1 amide bonds. The Morgan fingerprint density at radius 1 is 1.24 bits per heavy atom. The number of carbonyl (C=O) groups excluding carboxylic acids is 1. The van der Waals surface area contributed by atoms with Gasteiger partial charge in [0.05, 0.1) is 11.3 Å². The lowest BCUT2D eigenvalue weighted by Gasteiger charge is -2.09. The molecule has 2 rings (SSSR count). The number of hydrogen-bond acceptors (Lipinski definition) is 3. The van der Waals surface area contributed by atoms with Gasteiger partial charge in [-0.15, -0.1) is 0 Å². The fourth-order valence-electron chi connectivity index (χ4n) is 2.10. The minimum absolute atomic E-state index is 0.226. The number of amides is 1. The first-order chi connectivity index (χ1) is 10.2. The normalized spacial score (nSPS) is 9.95. The number of nitriles is 1. The number of nitrogens with one attached hydrogen (secondary N) is 1. The van der Waals surface area contributed by atoms with E-state index in [1.807, 2.05) is 31.2 Å². The Kier molecular flexibility index (Phi) is 4.70. The van der Waals surface area contributed by atoms with E-state index in [9.17, 15) is 4.79 Å². The molecule has 0 spiro atoms. The third-order valence-corrected chi connectivity index (χ3v) is 3.28. The fraction of sp³-hybridized carbons (Fsp3) is 0.176. The summed E-state index contributed by atoms with van der Waals surface area (Å²) in [5.41, 5.74) is 9.02. The molecule has 0 fully saturated rings. The Hall–Kier alpha value is -2.64. The Balaban J connectivity index is 2.19. The summed E-state index contributed by atoms with van der Waals surface area (Å²) in [4.78, 5) is 12.2. The molecule has 0 atom stereocenters. The van der Waals surface area contributed by atoms with Crippen molar-refractivity contribution in [2.45, 2.75) is 13.3 Å². The van der Waals surface area contributed by atoms with Gasteiger partial charge in [0.2, 0.25) is 0 Å². The lowest BCUT2D eigenvalue weighted by atomic mass is 10.1. The Morgan fingerprint density at radius 2 is 1.95 bits per heavy atom. The maximum atomic E-state index is 12.2. The van der Waals surface area contributed by atoms with Gasteiger partial charge < -0.3 is 11.1 Å². The second-order valence-electron chi connectivity index (χ2n) is 4.80. The van der Waals surface area contributed by atoms with Crippen LogP contribution in [0.1, 0.15) is 27.0 Å². The minimum Gasteiger partial charge on any atom is -0.330 e. The molecule has 0 heterocycles. The third kappa shape index (κ3) is 3.47. The largest absolute Gasteiger partial charge is 0.330 e. The molecule has 21 heavy (non-hydrogen) atoms. The lowest BCUT2D eigenvalue weighted by molar-refractivity contribution is 0.102. The van der Waals surface area contributed by atoms with Gasteiger partial charge in [0.25, 0.3) is 5.91 Å². The van der Waals surface area contributed by atoms with E-state index in [1.54, 1.807) is 18.2 Å². The summed E-state index contributed by atoms with van der Waals surface area (Å²) in [7, 11) is 0. The van der Waals surface area contributed by atoms with Gasteiger partial charge in [-0.25, -0.2) is 0 Å². The van der Waals surface area contributed by atoms with Gasteiger partial charge in [0.1, 0.15) is 6.07 Å². The van der Waals surface area contributed by atoms with Crippen molar-refractivity contribution in [3.63, 3.8) is 0 Å². The average molecular weight is 279 g/mol. The van der Waals surface area contributed by atoms with E-state index >= 15 is 0 Å². The number of carbonyl (C=O) groups is 1. The molecule has 2 aromatic carbocycles. The number of aryl methyl sites for hydroxylation is 1. The highest BCUT2D eigenvalue weighted by Gasteiger charge is 2.10. The van der Waals surface area contributed by atoms with Crippen molar-refractivity contribution < 1.29 is 4.79 Å². The van der Waals surface area contributed by atoms with Crippen molar-refractivity contribution in [1.82, 2.24) is 0 Å². The van der Waals surface area contributed by atoms with Gasteiger partial charge in [-0.2, -0.15) is 5.26 Å². The molecule has 0 aromatic heterocycles. The van der Waals surface area contributed by atoms with Gasteiger partial charge in [0, 0.05) is 5.56 Å². The Labute approximate surface area is 124 Å². The van der Waals surface area contributed by atoms with E-state index in [4.69, 9.17) is 11.0 Å². The van der Waals surface area contributed by atoms with Gasteiger partial charge in [0.15, 0.2) is 0 Å². The topological polar surface area (TPSA) is 78.9 Å². The summed E-state index contributed by atoms with van der Waals surface area (Å²) in [6.45, 7) is 2.43. The number of nitrogens with two attached hydrogens (primary N) is 1. The Bertz CT molecular complexity index is 684. The van der Waals surface area contributed by atoms with E-state index in [2.05, 4.69) is 11.4 Å². The Morgan fingerprint density at radius 3 is 2.57 bits per heavy atom. The van der Waals surface area contributed by atoms with Crippen LogP contribution in [0.15, 0.2) is 42.5 Å². The van der Waals surface area contributed by atoms with E-state index < -0.39 is 0 Å². The first-order valence-electron chi connectivity index (χ1n) is 6.75. The zero-order valence-electron chi connectivity index (χ0n) is 11.9. The third-order valence-electron chi connectivity index (χ3n) is 3.28. The quantitative estimate of drug-likeness (QED) is 0.903. The second-order valence-corrected chi connectivity index (χ2v) is 4.80. The first kappa shape index (κ1) is 14.8. The number of anilines is 1. The van der Waals surface area contributed by atoms with Crippen LogP contribution in [0.25, 0.3) is 0 Å². The monoisotopic (exact) mass is 279 g/mol. The number of nitrogens with zero attached hydrogens (tertiary/aromatic N) is 1. The van der Waals surface area contributed by atoms with Crippen LogP contribution in [0.2, 0.25) is 0 Å². The van der Waals surface area contributed by atoms with Crippen LogP contribution < -0.4 is 11.1 Å². The maximum absolute atomic E-state index is 12.2. The fourth-order valence-corrected chi connectivity index (χ4v) is 2.10. The number of rotatable bonds is 4. The molecule has 0 unspecified atom stereocenters. The van der Waals surface area contributed by atoms with Gasteiger partial charge in [-0.3, -0.25) is 4.79 Å². The molecule has 0 aliphatic rings. The van der Waals surface area contributed by atoms with E-state index in [-0.39, 0.29) is 5.91 Å². The molecular formula is C17H17N3O. The summed E-state index contributed by atoms with van der Waals surface area (Å²) in [6, 6.07) is 14.8. The molecule has 0 aliphatic heterocycles. The molecular weight excluding hydrogens is 262 g/mol. The van der Waals surface area contributed by atoms with E-state index in [0.29, 0.717) is 23.4 Å². The van der Waals surface area contributed by atoms with Crippen LogP contribution in [0.4, 0.5) is 5.69 Å². The minimum atomic E-state index is -0.226. The van der Waals surface area contributed by atoms with Crippen LogP contribution in [0.5, 0.6) is 0 Å². The maximum Gasteiger partial charge on any atom is 0.255 e. The highest BCUT2D eigenvalue weighted by Crippen LogP contribution is 2.19. The van der Waals surface area contributed by atoms with E-state index in [1.165, 1.54) is 0 Å². The number of benzene rings is 2. The number of hydrogen-bond donors (Lipinski definition) is 2. The van der Waals surface area contributed by atoms with Crippen molar-refractivity contribution in [3.05, 3.63) is 64.7 Å².